The molecule has 2 N–H and O–H groups in total. The van der Waals surface area contributed by atoms with E-state index < -0.39 is 5.82 Å². The highest BCUT2D eigenvalue weighted by atomic mass is 35.5. The van der Waals surface area contributed by atoms with Gasteiger partial charge < -0.3 is 10.4 Å². The molecule has 0 aliphatic heterocycles. The zero-order chi connectivity index (χ0) is 13.8. The van der Waals surface area contributed by atoms with Gasteiger partial charge in [-0.1, -0.05) is 29.8 Å². The standard InChI is InChI=1S/C14H11ClFNO2/c15-11-6-5-10(8-13(11)18)17-14(19)7-9-3-1-2-4-12(9)16/h1-6,8,18H,7H2,(H,17,19). The lowest BCUT2D eigenvalue weighted by molar-refractivity contribution is -0.115. The van der Waals surface area contributed by atoms with E-state index in [2.05, 4.69) is 5.32 Å². The molecule has 0 aliphatic carbocycles. The van der Waals surface area contributed by atoms with Crippen LogP contribution in [0.1, 0.15) is 5.56 Å². The van der Waals surface area contributed by atoms with E-state index in [1.54, 1.807) is 24.3 Å². The van der Waals surface area contributed by atoms with Gasteiger partial charge in [0.2, 0.25) is 5.91 Å². The van der Waals surface area contributed by atoms with Crippen LogP contribution < -0.4 is 5.32 Å². The Morgan fingerprint density at radius 3 is 2.68 bits per heavy atom. The van der Waals surface area contributed by atoms with Crippen LogP contribution in [0.2, 0.25) is 5.02 Å². The number of anilines is 1. The Morgan fingerprint density at radius 1 is 1.26 bits per heavy atom. The van der Waals surface area contributed by atoms with Crippen LogP contribution in [0.5, 0.6) is 5.75 Å². The lowest BCUT2D eigenvalue weighted by Gasteiger charge is -2.07. The monoisotopic (exact) mass is 279 g/mol. The van der Waals surface area contributed by atoms with Gasteiger partial charge in [0, 0.05) is 11.8 Å². The third-order valence-electron chi connectivity index (χ3n) is 2.54. The summed E-state index contributed by atoms with van der Waals surface area (Å²) in [6, 6.07) is 10.4. The number of carbonyl (C=O) groups is 1. The number of carbonyl (C=O) groups excluding carboxylic acids is 1. The molecule has 0 aromatic heterocycles. The van der Waals surface area contributed by atoms with E-state index in [-0.39, 0.29) is 23.1 Å². The van der Waals surface area contributed by atoms with Gasteiger partial charge >= 0.3 is 0 Å². The van der Waals surface area contributed by atoms with Gasteiger partial charge in [0.1, 0.15) is 11.6 Å². The van der Waals surface area contributed by atoms with Crippen LogP contribution in [0, 0.1) is 5.82 Å². The minimum Gasteiger partial charge on any atom is -0.506 e. The fraction of sp³-hybridized carbons (Fsp3) is 0.0714. The number of benzene rings is 2. The number of hydrogen-bond donors (Lipinski definition) is 2. The van der Waals surface area contributed by atoms with E-state index in [9.17, 15) is 14.3 Å². The second-order valence-electron chi connectivity index (χ2n) is 3.98. The van der Waals surface area contributed by atoms with Gasteiger partial charge in [-0.25, -0.2) is 4.39 Å². The van der Waals surface area contributed by atoms with Crippen molar-refractivity contribution in [1.82, 2.24) is 0 Å². The summed E-state index contributed by atoms with van der Waals surface area (Å²) < 4.78 is 13.4. The maximum absolute atomic E-state index is 13.4. The van der Waals surface area contributed by atoms with Crippen LogP contribution in [-0.2, 0) is 11.2 Å². The number of nitrogens with one attached hydrogen (secondary N) is 1. The van der Waals surface area contributed by atoms with Crippen LogP contribution in [0.15, 0.2) is 42.5 Å². The molecule has 0 heterocycles. The summed E-state index contributed by atoms with van der Waals surface area (Å²) in [4.78, 5) is 11.7. The SMILES string of the molecule is O=C(Cc1ccccc1F)Nc1ccc(Cl)c(O)c1. The first-order chi connectivity index (χ1) is 9.06. The molecule has 0 radical (unpaired) electrons. The summed E-state index contributed by atoms with van der Waals surface area (Å²) in [7, 11) is 0. The molecule has 98 valence electrons. The zero-order valence-corrected chi connectivity index (χ0v) is 10.6. The summed E-state index contributed by atoms with van der Waals surface area (Å²) in [6.07, 6.45) is -0.0734. The number of aromatic hydroxyl groups is 1. The average Bonchev–Trinajstić information content (AvgIpc) is 2.37. The Bertz CT molecular complexity index is 616. The van der Waals surface area contributed by atoms with Gasteiger partial charge in [-0.15, -0.1) is 0 Å². The van der Waals surface area contributed by atoms with Crippen LogP contribution in [0.3, 0.4) is 0 Å². The molecule has 0 saturated carbocycles. The molecule has 0 fully saturated rings. The maximum Gasteiger partial charge on any atom is 0.228 e. The highest BCUT2D eigenvalue weighted by Gasteiger charge is 2.08. The first-order valence-corrected chi connectivity index (χ1v) is 5.96. The molecule has 2 aromatic carbocycles. The van der Waals surface area contributed by atoms with E-state index in [1.165, 1.54) is 18.2 Å². The molecule has 0 saturated heterocycles. The van der Waals surface area contributed by atoms with E-state index >= 15 is 0 Å². The van der Waals surface area contributed by atoms with Crippen LogP contribution in [-0.4, -0.2) is 11.0 Å². The number of hydrogen-bond acceptors (Lipinski definition) is 2. The van der Waals surface area contributed by atoms with Gasteiger partial charge in [0.25, 0.3) is 0 Å². The zero-order valence-electron chi connectivity index (χ0n) is 9.86. The first-order valence-electron chi connectivity index (χ1n) is 5.58. The van der Waals surface area contributed by atoms with Gasteiger partial charge in [-0.3, -0.25) is 4.79 Å². The van der Waals surface area contributed by atoms with Gasteiger partial charge in [-0.2, -0.15) is 0 Å². The van der Waals surface area contributed by atoms with Crippen molar-refractivity contribution in [2.45, 2.75) is 6.42 Å². The Morgan fingerprint density at radius 2 is 2.00 bits per heavy atom. The Balaban J connectivity index is 2.05. The topological polar surface area (TPSA) is 49.3 Å². The number of halogens is 2. The Labute approximate surface area is 114 Å². The number of rotatable bonds is 3. The minimum absolute atomic E-state index is 0.0734. The fourth-order valence-electron chi connectivity index (χ4n) is 1.61. The number of amides is 1. The summed E-state index contributed by atoms with van der Waals surface area (Å²) >= 11 is 5.66. The summed E-state index contributed by atoms with van der Waals surface area (Å²) in [5.74, 6) is -0.909. The van der Waals surface area contributed by atoms with Crippen molar-refractivity contribution in [3.05, 3.63) is 58.9 Å². The van der Waals surface area contributed by atoms with Crippen LogP contribution >= 0.6 is 11.6 Å². The molecule has 0 unspecified atom stereocenters. The molecule has 19 heavy (non-hydrogen) atoms. The lowest BCUT2D eigenvalue weighted by atomic mass is 10.1. The van der Waals surface area contributed by atoms with Crippen molar-refractivity contribution in [1.29, 1.82) is 0 Å². The van der Waals surface area contributed by atoms with Crippen LogP contribution in [0.4, 0.5) is 10.1 Å². The smallest absolute Gasteiger partial charge is 0.228 e. The van der Waals surface area contributed by atoms with E-state index in [4.69, 9.17) is 11.6 Å². The molecule has 0 bridgehead atoms. The fourth-order valence-corrected chi connectivity index (χ4v) is 1.73. The van der Waals surface area contributed by atoms with Gasteiger partial charge in [0.15, 0.2) is 0 Å². The third kappa shape index (κ3) is 3.45. The first kappa shape index (κ1) is 13.4. The highest BCUT2D eigenvalue weighted by Crippen LogP contribution is 2.26. The van der Waals surface area contributed by atoms with E-state index in [0.29, 0.717) is 11.3 Å². The van der Waals surface area contributed by atoms with Crippen molar-refractivity contribution < 1.29 is 14.3 Å². The molecule has 3 nitrogen and oxygen atoms in total. The second kappa shape index (κ2) is 5.71. The van der Waals surface area contributed by atoms with Gasteiger partial charge in [0.05, 0.1) is 11.4 Å². The normalized spacial score (nSPS) is 10.2. The van der Waals surface area contributed by atoms with Crippen molar-refractivity contribution in [2.75, 3.05) is 5.32 Å². The lowest BCUT2D eigenvalue weighted by Crippen LogP contribution is -2.15. The Hall–Kier alpha value is -2.07. The number of phenols is 1. The summed E-state index contributed by atoms with van der Waals surface area (Å²) in [6.45, 7) is 0. The predicted molar refractivity (Wildman–Crippen MR) is 71.9 cm³/mol. The highest BCUT2D eigenvalue weighted by molar-refractivity contribution is 6.32. The van der Waals surface area contributed by atoms with Crippen molar-refractivity contribution in [3.8, 4) is 5.75 Å². The largest absolute Gasteiger partial charge is 0.506 e. The average molecular weight is 280 g/mol. The molecule has 0 aliphatic rings. The minimum atomic E-state index is -0.420. The van der Waals surface area contributed by atoms with Crippen molar-refractivity contribution in [2.24, 2.45) is 0 Å². The second-order valence-corrected chi connectivity index (χ2v) is 4.39. The van der Waals surface area contributed by atoms with E-state index in [0.717, 1.165) is 0 Å². The van der Waals surface area contributed by atoms with Gasteiger partial charge in [-0.05, 0) is 23.8 Å². The molecule has 0 spiro atoms. The summed E-state index contributed by atoms with van der Waals surface area (Å²) in [5.41, 5.74) is 0.724. The summed E-state index contributed by atoms with van der Waals surface area (Å²) in [5, 5.41) is 12.2. The quantitative estimate of drug-likeness (QED) is 0.905. The number of phenolic OH excluding ortho intramolecular Hbond substituents is 1. The van der Waals surface area contributed by atoms with Crippen molar-refractivity contribution in [3.63, 3.8) is 0 Å². The molecule has 5 heteroatoms. The van der Waals surface area contributed by atoms with Crippen LogP contribution in [0.25, 0.3) is 0 Å². The van der Waals surface area contributed by atoms with E-state index in [1.807, 2.05) is 0 Å². The molecule has 0 atom stereocenters. The molecule has 1 amide bonds. The predicted octanol–water partition coefficient (Wildman–Crippen LogP) is 3.37. The molecular formula is C14H11ClFNO2. The third-order valence-corrected chi connectivity index (χ3v) is 2.86. The molecule has 2 aromatic rings. The molecular weight excluding hydrogens is 269 g/mol. The Kier molecular flexibility index (Phi) is 4.02. The molecule has 2 rings (SSSR count). The van der Waals surface area contributed by atoms with Crippen molar-refractivity contribution >= 4 is 23.2 Å². The maximum atomic E-state index is 13.4.